The monoisotopic (exact) mass is 576 g/mol. The van der Waals surface area contributed by atoms with E-state index in [9.17, 15) is 19.2 Å². The molecule has 206 valence electrons. The first kappa shape index (κ1) is 25.6. The van der Waals surface area contributed by atoms with Crippen LogP contribution in [0.5, 0.6) is 5.75 Å². The normalized spacial score (nSPS) is 29.8. The van der Waals surface area contributed by atoms with Crippen LogP contribution in [-0.4, -0.2) is 41.2 Å². The van der Waals surface area contributed by atoms with Gasteiger partial charge in [-0.2, -0.15) is 0 Å². The average Bonchev–Trinajstić information content (AvgIpc) is 3.67. The molecule has 2 aromatic carbocycles. The Morgan fingerprint density at radius 3 is 2.55 bits per heavy atom. The molecule has 3 aromatic rings. The molecular weight excluding hydrogens is 548 g/mol. The lowest BCUT2D eigenvalue weighted by molar-refractivity contribution is -0.145. The number of nitrogens with zero attached hydrogens (tertiary/aromatic N) is 1. The van der Waals surface area contributed by atoms with Crippen LogP contribution in [0.3, 0.4) is 0 Å². The number of hydrogen-bond acceptors (Lipinski definition) is 8. The Kier molecular flexibility index (Phi) is 6.16. The summed E-state index contributed by atoms with van der Waals surface area (Å²) in [4.78, 5) is 57.3. The molecule has 2 aliphatic heterocycles. The summed E-state index contributed by atoms with van der Waals surface area (Å²) in [5, 5.41) is 0.961. The van der Waals surface area contributed by atoms with Crippen molar-refractivity contribution in [1.29, 1.82) is 0 Å². The van der Waals surface area contributed by atoms with Crippen molar-refractivity contribution in [3.8, 4) is 5.75 Å². The minimum atomic E-state index is -0.435. The number of esters is 1. The van der Waals surface area contributed by atoms with Gasteiger partial charge in [0.25, 0.3) is 0 Å². The molecule has 2 aliphatic carbocycles. The Bertz CT molecular complexity index is 1580. The number of aryl methyl sites for hydroxylation is 1. The maximum Gasteiger partial charge on any atom is 0.344 e. The minimum absolute atomic E-state index is 0.0267. The van der Waals surface area contributed by atoms with E-state index in [4.69, 9.17) is 9.47 Å². The van der Waals surface area contributed by atoms with Crippen LogP contribution < -0.4 is 14.5 Å². The molecule has 7 rings (SSSR count). The Labute approximate surface area is 239 Å². The average molecular weight is 577 g/mol. The fraction of sp³-hybridized carbons (Fsp3) is 0.400. The van der Waals surface area contributed by atoms with Crippen LogP contribution in [0.2, 0.25) is 0 Å². The number of amides is 2. The number of imide groups is 1. The Morgan fingerprint density at radius 2 is 1.80 bits per heavy atom. The van der Waals surface area contributed by atoms with Gasteiger partial charge in [-0.15, -0.1) is 11.8 Å². The smallest absolute Gasteiger partial charge is 0.344 e. The molecule has 1 N–H and O–H groups in total. The third-order valence-electron chi connectivity index (χ3n) is 8.90. The van der Waals surface area contributed by atoms with Gasteiger partial charge in [0.05, 0.1) is 29.2 Å². The number of aromatic amines is 1. The van der Waals surface area contributed by atoms with Crippen LogP contribution in [-0.2, 0) is 19.1 Å². The molecule has 1 saturated heterocycles. The van der Waals surface area contributed by atoms with Crippen molar-refractivity contribution < 1.29 is 23.9 Å². The van der Waals surface area contributed by atoms with E-state index in [0.29, 0.717) is 11.4 Å². The predicted molar refractivity (Wildman–Crippen MR) is 151 cm³/mol. The number of carbonyl (C=O) groups excluding carboxylic acids is 3. The zero-order chi connectivity index (χ0) is 27.7. The van der Waals surface area contributed by atoms with Crippen molar-refractivity contribution in [1.82, 2.24) is 4.98 Å². The molecule has 8 nitrogen and oxygen atoms in total. The second-order valence-electron chi connectivity index (χ2n) is 11.0. The first-order valence-corrected chi connectivity index (χ1v) is 15.3. The Hall–Kier alpha value is -3.37. The first-order valence-electron chi connectivity index (χ1n) is 13.6. The summed E-state index contributed by atoms with van der Waals surface area (Å²) in [7, 11) is 0. The number of nitrogens with one attached hydrogen (secondary N) is 1. The number of thiazole rings is 1. The van der Waals surface area contributed by atoms with Crippen LogP contribution in [0.25, 0.3) is 0 Å². The number of H-pyrrole nitrogens is 1. The highest BCUT2D eigenvalue weighted by molar-refractivity contribution is 8.00. The number of aromatic nitrogens is 1. The van der Waals surface area contributed by atoms with Gasteiger partial charge in [0.2, 0.25) is 11.8 Å². The van der Waals surface area contributed by atoms with E-state index >= 15 is 0 Å². The summed E-state index contributed by atoms with van der Waals surface area (Å²) < 4.78 is 10.7. The molecule has 2 amide bonds. The van der Waals surface area contributed by atoms with Crippen molar-refractivity contribution in [2.45, 2.75) is 36.5 Å². The van der Waals surface area contributed by atoms with Gasteiger partial charge in [0.15, 0.2) is 6.61 Å². The van der Waals surface area contributed by atoms with Crippen molar-refractivity contribution in [3.63, 3.8) is 0 Å². The van der Waals surface area contributed by atoms with E-state index < -0.39 is 5.97 Å². The fourth-order valence-corrected chi connectivity index (χ4v) is 10.4. The van der Waals surface area contributed by atoms with Crippen LogP contribution in [0.15, 0.2) is 58.4 Å². The molecule has 40 heavy (non-hydrogen) atoms. The SMILES string of the molecule is CCOC(=O)COc1cccc([C@H]2c3sc(=O)[nH]c3SC3C4CC(C5C(=O)N(c6ccc(C)cc6)C(=O)C45)C32)c1. The van der Waals surface area contributed by atoms with E-state index in [-0.39, 0.29) is 70.7 Å². The molecule has 2 bridgehead atoms. The molecule has 0 radical (unpaired) electrons. The van der Waals surface area contributed by atoms with Crippen LogP contribution >= 0.6 is 23.1 Å². The molecule has 0 spiro atoms. The van der Waals surface area contributed by atoms with E-state index in [1.165, 1.54) is 16.2 Å². The summed E-state index contributed by atoms with van der Waals surface area (Å²) in [5.41, 5.74) is 2.68. The van der Waals surface area contributed by atoms with E-state index in [2.05, 4.69) is 4.98 Å². The lowest BCUT2D eigenvalue weighted by Crippen LogP contribution is -2.42. The second kappa shape index (κ2) is 9.62. The van der Waals surface area contributed by atoms with Gasteiger partial charge in [-0.25, -0.2) is 4.79 Å². The molecule has 7 atom stereocenters. The molecule has 10 heteroatoms. The number of hydrogen-bond donors (Lipinski definition) is 1. The highest BCUT2D eigenvalue weighted by Gasteiger charge is 2.69. The summed E-state index contributed by atoms with van der Waals surface area (Å²) in [6, 6.07) is 15.2. The maximum atomic E-state index is 13.9. The van der Waals surface area contributed by atoms with E-state index in [1.54, 1.807) is 24.8 Å². The van der Waals surface area contributed by atoms with Crippen LogP contribution in [0.1, 0.15) is 35.3 Å². The highest BCUT2D eigenvalue weighted by atomic mass is 32.2. The molecule has 4 aliphatic rings. The van der Waals surface area contributed by atoms with Crippen molar-refractivity contribution in [3.05, 3.63) is 74.2 Å². The Morgan fingerprint density at radius 1 is 1.05 bits per heavy atom. The van der Waals surface area contributed by atoms with Crippen molar-refractivity contribution in [2.24, 2.45) is 29.6 Å². The third kappa shape index (κ3) is 3.87. The number of anilines is 1. The first-order chi connectivity index (χ1) is 19.4. The van der Waals surface area contributed by atoms with Gasteiger partial charge in [0.1, 0.15) is 5.75 Å². The highest BCUT2D eigenvalue weighted by Crippen LogP contribution is 2.68. The maximum absolute atomic E-state index is 13.9. The zero-order valence-electron chi connectivity index (χ0n) is 22.0. The summed E-state index contributed by atoms with van der Waals surface area (Å²) in [5.74, 6) is -0.734. The molecule has 6 unspecified atom stereocenters. The predicted octanol–water partition coefficient (Wildman–Crippen LogP) is 4.36. The summed E-state index contributed by atoms with van der Waals surface area (Å²) >= 11 is 2.88. The molecule has 3 heterocycles. The lowest BCUT2D eigenvalue weighted by Gasteiger charge is -2.43. The standard InChI is InChI=1S/C30H28N2O6S2/c1-3-37-20(33)13-38-17-6-4-5-15(11-17)21-22-18-12-19(25(22)39-27-26(21)40-30(36)31-27)24-23(18)28(34)32(29(24)35)16-9-7-14(2)8-10-16/h4-11,18-19,21-25H,3,12-13H2,1-2H3,(H,31,36)/t18?,19?,21-,22?,23?,24?,25?/m1/s1. The van der Waals surface area contributed by atoms with Gasteiger partial charge in [-0.05, 0) is 67.9 Å². The third-order valence-corrected chi connectivity index (χ3v) is 11.5. The van der Waals surface area contributed by atoms with Gasteiger partial charge in [0, 0.05) is 16.0 Å². The van der Waals surface area contributed by atoms with Crippen molar-refractivity contribution in [2.75, 3.05) is 18.1 Å². The number of fused-ring (bicyclic) bond motifs is 9. The van der Waals surface area contributed by atoms with Crippen LogP contribution in [0, 0.1) is 36.5 Å². The number of rotatable bonds is 6. The number of thioether (sulfide) groups is 1. The fourth-order valence-electron chi connectivity index (χ4n) is 7.48. The van der Waals surface area contributed by atoms with Gasteiger partial charge in [-0.3, -0.25) is 19.3 Å². The largest absolute Gasteiger partial charge is 0.482 e. The van der Waals surface area contributed by atoms with E-state index in [1.807, 2.05) is 49.4 Å². The van der Waals surface area contributed by atoms with Gasteiger partial charge >= 0.3 is 10.8 Å². The second-order valence-corrected chi connectivity index (χ2v) is 13.2. The number of carbonyl (C=O) groups is 3. The van der Waals surface area contributed by atoms with Crippen molar-refractivity contribution >= 4 is 46.6 Å². The Balaban J connectivity index is 1.25. The topological polar surface area (TPSA) is 106 Å². The zero-order valence-corrected chi connectivity index (χ0v) is 23.6. The van der Waals surface area contributed by atoms with Crippen LogP contribution in [0.4, 0.5) is 5.69 Å². The lowest BCUT2D eigenvalue weighted by atomic mass is 9.68. The summed E-state index contributed by atoms with van der Waals surface area (Å²) in [6.07, 6.45) is 0.825. The molecule has 2 saturated carbocycles. The summed E-state index contributed by atoms with van der Waals surface area (Å²) in [6.45, 7) is 3.83. The minimum Gasteiger partial charge on any atom is -0.482 e. The quantitative estimate of drug-likeness (QED) is 0.343. The number of ether oxygens (including phenoxy) is 2. The van der Waals surface area contributed by atoms with E-state index in [0.717, 1.165) is 27.5 Å². The number of benzene rings is 2. The van der Waals surface area contributed by atoms with Gasteiger partial charge < -0.3 is 14.5 Å². The molecular formula is C30H28N2O6S2. The molecule has 1 aromatic heterocycles. The van der Waals surface area contributed by atoms with Gasteiger partial charge in [-0.1, -0.05) is 41.2 Å². The molecule has 3 fully saturated rings.